The summed E-state index contributed by atoms with van der Waals surface area (Å²) in [6, 6.07) is 4.28. The second-order valence-corrected chi connectivity index (χ2v) is 7.18. The van der Waals surface area contributed by atoms with Gasteiger partial charge in [-0.15, -0.1) is 0 Å². The van der Waals surface area contributed by atoms with Crippen LogP contribution < -0.4 is 0 Å². The van der Waals surface area contributed by atoms with Gasteiger partial charge in [0.15, 0.2) is 0 Å². The van der Waals surface area contributed by atoms with E-state index >= 15 is 0 Å². The molecule has 0 N–H and O–H groups in total. The molecule has 0 bridgehead atoms. The molecule has 0 atom stereocenters. The van der Waals surface area contributed by atoms with Crippen molar-refractivity contribution in [3.63, 3.8) is 0 Å². The minimum atomic E-state index is -0.585. The normalized spacial score (nSPS) is 14.7. The molecular formula is C17H19ClFN3O. The van der Waals surface area contributed by atoms with Gasteiger partial charge in [0.25, 0.3) is 5.91 Å². The van der Waals surface area contributed by atoms with Gasteiger partial charge in [-0.05, 0) is 32.9 Å². The second kappa shape index (κ2) is 5.64. The van der Waals surface area contributed by atoms with Gasteiger partial charge in [0.2, 0.25) is 0 Å². The van der Waals surface area contributed by atoms with E-state index in [1.54, 1.807) is 11.1 Å². The fourth-order valence-electron chi connectivity index (χ4n) is 2.94. The van der Waals surface area contributed by atoms with Crippen LogP contribution >= 0.6 is 11.6 Å². The van der Waals surface area contributed by atoms with E-state index in [1.165, 1.54) is 18.2 Å². The molecule has 1 aliphatic heterocycles. The van der Waals surface area contributed by atoms with Gasteiger partial charge in [0, 0.05) is 30.8 Å². The first-order valence-electron chi connectivity index (χ1n) is 7.58. The number of halogens is 2. The molecular weight excluding hydrogens is 317 g/mol. The molecule has 4 nitrogen and oxygen atoms in total. The van der Waals surface area contributed by atoms with E-state index in [-0.39, 0.29) is 22.0 Å². The number of carbonyl (C=O) groups is 1. The summed E-state index contributed by atoms with van der Waals surface area (Å²) in [5.74, 6) is -0.957. The van der Waals surface area contributed by atoms with Gasteiger partial charge in [0.1, 0.15) is 5.82 Å². The van der Waals surface area contributed by atoms with Crippen LogP contribution in [0.2, 0.25) is 5.02 Å². The first-order chi connectivity index (χ1) is 10.8. The minimum absolute atomic E-state index is 0.0548. The third-order valence-corrected chi connectivity index (χ3v) is 4.35. The summed E-state index contributed by atoms with van der Waals surface area (Å²) < 4.78 is 16.0. The summed E-state index contributed by atoms with van der Waals surface area (Å²) in [6.07, 6.45) is 2.49. The zero-order valence-electron chi connectivity index (χ0n) is 13.4. The van der Waals surface area contributed by atoms with Crippen LogP contribution in [0.1, 0.15) is 42.4 Å². The standard InChI is InChI=1S/C17H19ClFN3O/c1-17(2,3)22-14-7-8-21(10-11(14)9-20-22)16(23)15-12(18)5-4-6-13(15)19/h4-6,9H,7-8,10H2,1-3H3. The Labute approximate surface area is 139 Å². The molecule has 0 spiro atoms. The number of aromatic nitrogens is 2. The van der Waals surface area contributed by atoms with Gasteiger partial charge in [-0.1, -0.05) is 17.7 Å². The Morgan fingerprint density at radius 2 is 2.09 bits per heavy atom. The summed E-state index contributed by atoms with van der Waals surface area (Å²) in [7, 11) is 0. The van der Waals surface area contributed by atoms with Gasteiger partial charge in [-0.2, -0.15) is 5.10 Å². The van der Waals surface area contributed by atoms with Crippen LogP contribution in [-0.2, 0) is 18.5 Å². The predicted molar refractivity (Wildman–Crippen MR) is 87.1 cm³/mol. The highest BCUT2D eigenvalue weighted by Gasteiger charge is 2.29. The summed E-state index contributed by atoms with van der Waals surface area (Å²) >= 11 is 6.00. The Balaban J connectivity index is 1.88. The van der Waals surface area contributed by atoms with Crippen molar-refractivity contribution < 1.29 is 9.18 Å². The first-order valence-corrected chi connectivity index (χ1v) is 7.96. The maximum atomic E-state index is 14.0. The molecule has 2 heterocycles. The zero-order valence-corrected chi connectivity index (χ0v) is 14.2. The zero-order chi connectivity index (χ0) is 16.8. The number of fused-ring (bicyclic) bond motifs is 1. The molecule has 6 heteroatoms. The summed E-state index contributed by atoms with van der Waals surface area (Å²) in [4.78, 5) is 14.3. The number of amides is 1. The Bertz CT molecular complexity index is 743. The van der Waals surface area contributed by atoms with Crippen LogP contribution in [0.25, 0.3) is 0 Å². The van der Waals surface area contributed by atoms with Crippen molar-refractivity contribution in [1.29, 1.82) is 0 Å². The summed E-state index contributed by atoms with van der Waals surface area (Å²) in [5, 5.41) is 4.59. The number of rotatable bonds is 1. The molecule has 0 radical (unpaired) electrons. The van der Waals surface area contributed by atoms with Gasteiger partial charge in [-0.3, -0.25) is 9.48 Å². The lowest BCUT2D eigenvalue weighted by molar-refractivity contribution is 0.0727. The topological polar surface area (TPSA) is 38.1 Å². The van der Waals surface area contributed by atoms with Gasteiger partial charge >= 0.3 is 0 Å². The van der Waals surface area contributed by atoms with Crippen molar-refractivity contribution in [3.8, 4) is 0 Å². The van der Waals surface area contributed by atoms with Crippen LogP contribution in [0.5, 0.6) is 0 Å². The van der Waals surface area contributed by atoms with Crippen LogP contribution in [0.3, 0.4) is 0 Å². The average Bonchev–Trinajstić information content (AvgIpc) is 2.89. The Kier molecular flexibility index (Phi) is 3.92. The van der Waals surface area contributed by atoms with E-state index < -0.39 is 5.82 Å². The van der Waals surface area contributed by atoms with E-state index in [0.717, 1.165) is 11.3 Å². The minimum Gasteiger partial charge on any atom is -0.334 e. The van der Waals surface area contributed by atoms with E-state index in [1.807, 2.05) is 4.68 Å². The molecule has 2 aromatic rings. The molecule has 23 heavy (non-hydrogen) atoms. The fourth-order valence-corrected chi connectivity index (χ4v) is 3.19. The van der Waals surface area contributed by atoms with E-state index in [9.17, 15) is 9.18 Å². The monoisotopic (exact) mass is 335 g/mol. The molecule has 0 aliphatic carbocycles. The maximum Gasteiger partial charge on any atom is 0.258 e. The lowest BCUT2D eigenvalue weighted by atomic mass is 10.0. The third kappa shape index (κ3) is 2.85. The SMILES string of the molecule is CC(C)(C)n1ncc2c1CCN(C(=O)c1c(F)cccc1Cl)C2. The van der Waals surface area contributed by atoms with Crippen LogP contribution in [-0.4, -0.2) is 27.1 Å². The predicted octanol–water partition coefficient (Wildman–Crippen LogP) is 3.63. The number of hydrogen-bond acceptors (Lipinski definition) is 2. The van der Waals surface area contributed by atoms with Crippen LogP contribution in [0, 0.1) is 5.82 Å². The summed E-state index contributed by atoms with van der Waals surface area (Å²) in [5.41, 5.74) is 1.99. The molecule has 0 fully saturated rings. The number of carbonyl (C=O) groups excluding carboxylic acids is 1. The molecule has 1 aromatic carbocycles. The third-order valence-electron chi connectivity index (χ3n) is 4.03. The van der Waals surface area contributed by atoms with Crippen LogP contribution in [0.15, 0.2) is 24.4 Å². The number of benzene rings is 1. The molecule has 0 saturated heterocycles. The first kappa shape index (κ1) is 16.0. The van der Waals surface area contributed by atoms with Crippen molar-refractivity contribution in [2.24, 2.45) is 0 Å². The fraction of sp³-hybridized carbons (Fsp3) is 0.412. The quantitative estimate of drug-likeness (QED) is 0.798. The molecule has 1 aromatic heterocycles. The lowest BCUT2D eigenvalue weighted by Crippen LogP contribution is -2.38. The second-order valence-electron chi connectivity index (χ2n) is 6.77. The van der Waals surface area contributed by atoms with Gasteiger partial charge in [0.05, 0.1) is 22.3 Å². The Morgan fingerprint density at radius 3 is 2.74 bits per heavy atom. The Morgan fingerprint density at radius 1 is 1.35 bits per heavy atom. The van der Waals surface area contributed by atoms with Crippen LogP contribution in [0.4, 0.5) is 4.39 Å². The van der Waals surface area contributed by atoms with Crippen molar-refractivity contribution in [2.45, 2.75) is 39.3 Å². The molecule has 3 rings (SSSR count). The van der Waals surface area contributed by atoms with E-state index in [4.69, 9.17) is 11.6 Å². The van der Waals surface area contributed by atoms with E-state index in [0.29, 0.717) is 19.5 Å². The highest BCUT2D eigenvalue weighted by molar-refractivity contribution is 6.33. The lowest BCUT2D eigenvalue weighted by Gasteiger charge is -2.30. The smallest absolute Gasteiger partial charge is 0.258 e. The highest BCUT2D eigenvalue weighted by Crippen LogP contribution is 2.27. The summed E-state index contributed by atoms with van der Waals surface area (Å²) in [6.45, 7) is 7.23. The number of hydrogen-bond donors (Lipinski definition) is 0. The molecule has 1 aliphatic rings. The largest absolute Gasteiger partial charge is 0.334 e. The molecule has 122 valence electrons. The van der Waals surface area contributed by atoms with Gasteiger partial charge in [-0.25, -0.2) is 4.39 Å². The van der Waals surface area contributed by atoms with Crippen molar-refractivity contribution >= 4 is 17.5 Å². The molecule has 0 saturated carbocycles. The van der Waals surface area contributed by atoms with Crippen molar-refractivity contribution in [3.05, 3.63) is 52.1 Å². The van der Waals surface area contributed by atoms with Crippen molar-refractivity contribution in [2.75, 3.05) is 6.54 Å². The number of nitrogens with zero attached hydrogens (tertiary/aromatic N) is 3. The van der Waals surface area contributed by atoms with Crippen molar-refractivity contribution in [1.82, 2.24) is 14.7 Å². The Hall–Kier alpha value is -1.88. The maximum absolute atomic E-state index is 14.0. The molecule has 0 unspecified atom stereocenters. The van der Waals surface area contributed by atoms with E-state index in [2.05, 4.69) is 25.9 Å². The molecule has 1 amide bonds. The average molecular weight is 336 g/mol. The van der Waals surface area contributed by atoms with Gasteiger partial charge < -0.3 is 4.90 Å². The highest BCUT2D eigenvalue weighted by atomic mass is 35.5.